The number of aromatic nitrogens is 1. The Labute approximate surface area is 123 Å². The molecule has 0 aliphatic rings. The molecule has 0 unspecified atom stereocenters. The number of nitrogens with one attached hydrogen (secondary N) is 1. The molecule has 4 nitrogen and oxygen atoms in total. The van der Waals surface area contributed by atoms with Crippen molar-refractivity contribution >= 4 is 27.5 Å². The van der Waals surface area contributed by atoms with Gasteiger partial charge in [0.15, 0.2) is 0 Å². The summed E-state index contributed by atoms with van der Waals surface area (Å²) in [6.45, 7) is 1.64. The first-order valence-corrected chi connectivity index (χ1v) is 6.61. The molecule has 0 aliphatic heterocycles. The lowest BCUT2D eigenvalue weighted by Gasteiger charge is -2.09. The third-order valence-electron chi connectivity index (χ3n) is 2.79. The number of carbonyl (C=O) groups is 1. The van der Waals surface area contributed by atoms with Gasteiger partial charge in [0.1, 0.15) is 11.5 Å². The highest BCUT2D eigenvalue weighted by atomic mass is 79.9. The lowest BCUT2D eigenvalue weighted by Crippen LogP contribution is -2.20. The molecule has 0 atom stereocenters. The third-order valence-corrected chi connectivity index (χ3v) is 3.36. The molecular formula is C14H12BrFN2O2. The average Bonchev–Trinajstić information content (AvgIpc) is 2.35. The van der Waals surface area contributed by atoms with Crippen LogP contribution < -0.4 is 10.7 Å². The summed E-state index contributed by atoms with van der Waals surface area (Å²) in [4.78, 5) is 24.0. The largest absolute Gasteiger partial charge is 0.354 e. The second-order valence-electron chi connectivity index (χ2n) is 4.43. The Bertz CT molecular complexity index is 740. The molecule has 1 aromatic carbocycles. The van der Waals surface area contributed by atoms with Gasteiger partial charge >= 0.3 is 0 Å². The molecule has 0 aliphatic carbocycles. The zero-order valence-corrected chi connectivity index (χ0v) is 12.5. The molecule has 1 aromatic heterocycles. The number of benzene rings is 1. The van der Waals surface area contributed by atoms with Gasteiger partial charge in [-0.25, -0.2) is 4.39 Å². The predicted octanol–water partition coefficient (Wildman–Crippen LogP) is 2.85. The molecule has 2 aromatic rings. The maximum Gasteiger partial charge on any atom is 0.256 e. The first-order chi connectivity index (χ1) is 9.38. The van der Waals surface area contributed by atoms with E-state index in [1.165, 1.54) is 24.4 Å². The van der Waals surface area contributed by atoms with Crippen LogP contribution >= 0.6 is 15.9 Å². The summed E-state index contributed by atoms with van der Waals surface area (Å²) in [7, 11) is 1.74. The number of pyridine rings is 1. The highest BCUT2D eigenvalue weighted by Crippen LogP contribution is 2.13. The van der Waals surface area contributed by atoms with Crippen molar-refractivity contribution in [2.75, 3.05) is 5.32 Å². The Morgan fingerprint density at radius 3 is 2.70 bits per heavy atom. The van der Waals surface area contributed by atoms with Gasteiger partial charge in [-0.15, -0.1) is 0 Å². The van der Waals surface area contributed by atoms with Crippen molar-refractivity contribution in [1.29, 1.82) is 0 Å². The Morgan fingerprint density at radius 2 is 2.05 bits per heavy atom. The van der Waals surface area contributed by atoms with Gasteiger partial charge < -0.3 is 9.88 Å². The summed E-state index contributed by atoms with van der Waals surface area (Å²) in [6.07, 6.45) is 3.12. The summed E-state index contributed by atoms with van der Waals surface area (Å²) >= 11 is 3.13. The second-order valence-corrected chi connectivity index (χ2v) is 5.28. The maximum atomic E-state index is 13.0. The van der Waals surface area contributed by atoms with Crippen LogP contribution in [0, 0.1) is 12.7 Å². The molecule has 0 radical (unpaired) electrons. The smallest absolute Gasteiger partial charge is 0.256 e. The fourth-order valence-corrected chi connectivity index (χ4v) is 2.36. The van der Waals surface area contributed by atoms with E-state index in [1.54, 1.807) is 24.7 Å². The Hall–Kier alpha value is -1.95. The summed E-state index contributed by atoms with van der Waals surface area (Å²) in [6, 6.07) is 3.87. The second kappa shape index (κ2) is 5.58. The molecule has 0 fully saturated rings. The molecule has 1 amide bonds. The lowest BCUT2D eigenvalue weighted by atomic mass is 10.1. The van der Waals surface area contributed by atoms with Crippen LogP contribution in [0.2, 0.25) is 0 Å². The van der Waals surface area contributed by atoms with Gasteiger partial charge in [-0.3, -0.25) is 9.59 Å². The third kappa shape index (κ3) is 2.96. The van der Waals surface area contributed by atoms with Crippen LogP contribution in [0.4, 0.5) is 10.1 Å². The number of hydrogen-bond donors (Lipinski definition) is 1. The molecule has 0 spiro atoms. The van der Waals surface area contributed by atoms with Gasteiger partial charge in [0.05, 0.1) is 4.47 Å². The molecule has 0 bridgehead atoms. The van der Waals surface area contributed by atoms with E-state index in [2.05, 4.69) is 21.2 Å². The van der Waals surface area contributed by atoms with Gasteiger partial charge in [-0.1, -0.05) is 0 Å². The van der Waals surface area contributed by atoms with Crippen molar-refractivity contribution in [3.63, 3.8) is 0 Å². The molecule has 104 valence electrons. The summed E-state index contributed by atoms with van der Waals surface area (Å²) in [5.41, 5.74) is 0.689. The van der Waals surface area contributed by atoms with Crippen molar-refractivity contribution in [2.24, 2.45) is 7.05 Å². The summed E-state index contributed by atoms with van der Waals surface area (Å²) in [5, 5.41) is 2.54. The predicted molar refractivity (Wildman–Crippen MR) is 78.5 cm³/mol. The monoisotopic (exact) mass is 338 g/mol. The van der Waals surface area contributed by atoms with Gasteiger partial charge in [0.2, 0.25) is 5.43 Å². The fourth-order valence-electron chi connectivity index (χ4n) is 1.83. The van der Waals surface area contributed by atoms with E-state index in [4.69, 9.17) is 0 Å². The van der Waals surface area contributed by atoms with E-state index < -0.39 is 11.7 Å². The van der Waals surface area contributed by atoms with Crippen LogP contribution in [0.5, 0.6) is 0 Å². The van der Waals surface area contributed by atoms with Gasteiger partial charge in [0.25, 0.3) is 5.91 Å². The van der Waals surface area contributed by atoms with E-state index in [-0.39, 0.29) is 11.1 Å². The standard InChI is InChI=1S/C14H12BrFN2O2/c1-8-5-9(16)3-4-10(8)14(20)17-12-7-18(2)6-11(15)13(12)19/h3-7H,1-2H3,(H,17,20). The molecule has 1 heterocycles. The van der Waals surface area contributed by atoms with Crippen molar-refractivity contribution in [3.8, 4) is 0 Å². The van der Waals surface area contributed by atoms with E-state index in [0.29, 0.717) is 15.6 Å². The van der Waals surface area contributed by atoms with Crippen molar-refractivity contribution in [2.45, 2.75) is 6.92 Å². The van der Waals surface area contributed by atoms with Gasteiger partial charge in [-0.05, 0) is 46.6 Å². The molecule has 2 rings (SSSR count). The zero-order valence-electron chi connectivity index (χ0n) is 10.9. The highest BCUT2D eigenvalue weighted by Gasteiger charge is 2.13. The number of carbonyl (C=O) groups excluding carboxylic acids is 1. The Kier molecular flexibility index (Phi) is 4.04. The van der Waals surface area contributed by atoms with Crippen LogP contribution in [0.1, 0.15) is 15.9 Å². The summed E-state index contributed by atoms with van der Waals surface area (Å²) < 4.78 is 15.0. The number of rotatable bonds is 2. The van der Waals surface area contributed by atoms with Crippen molar-refractivity contribution in [1.82, 2.24) is 4.57 Å². The lowest BCUT2D eigenvalue weighted by molar-refractivity contribution is 0.102. The molecule has 1 N–H and O–H groups in total. The normalized spacial score (nSPS) is 10.4. The minimum absolute atomic E-state index is 0.163. The number of anilines is 1. The quantitative estimate of drug-likeness (QED) is 0.915. The van der Waals surface area contributed by atoms with E-state index in [0.717, 1.165) is 0 Å². The van der Waals surface area contributed by atoms with Crippen LogP contribution in [-0.2, 0) is 7.05 Å². The molecule has 6 heteroatoms. The molecular weight excluding hydrogens is 327 g/mol. The topological polar surface area (TPSA) is 51.1 Å². The average molecular weight is 339 g/mol. The first kappa shape index (κ1) is 14.5. The number of aryl methyl sites for hydroxylation is 2. The molecule has 0 saturated heterocycles. The first-order valence-electron chi connectivity index (χ1n) is 5.82. The minimum atomic E-state index is -0.447. The fraction of sp³-hybridized carbons (Fsp3) is 0.143. The summed E-state index contributed by atoms with van der Waals surface area (Å²) in [5.74, 6) is -0.852. The molecule has 20 heavy (non-hydrogen) atoms. The van der Waals surface area contributed by atoms with Crippen molar-refractivity contribution < 1.29 is 9.18 Å². The van der Waals surface area contributed by atoms with Gasteiger partial charge in [-0.2, -0.15) is 0 Å². The number of amides is 1. The highest BCUT2D eigenvalue weighted by molar-refractivity contribution is 9.10. The minimum Gasteiger partial charge on any atom is -0.354 e. The Balaban J connectivity index is 2.35. The van der Waals surface area contributed by atoms with Crippen LogP contribution in [-0.4, -0.2) is 10.5 Å². The molecule has 0 saturated carbocycles. The van der Waals surface area contributed by atoms with Crippen molar-refractivity contribution in [3.05, 3.63) is 62.2 Å². The zero-order chi connectivity index (χ0) is 14.9. The maximum absolute atomic E-state index is 13.0. The number of halogens is 2. The van der Waals surface area contributed by atoms with Crippen LogP contribution in [0.15, 0.2) is 39.9 Å². The van der Waals surface area contributed by atoms with Crippen LogP contribution in [0.3, 0.4) is 0 Å². The van der Waals surface area contributed by atoms with E-state index >= 15 is 0 Å². The van der Waals surface area contributed by atoms with Crippen LogP contribution in [0.25, 0.3) is 0 Å². The van der Waals surface area contributed by atoms with E-state index in [1.807, 2.05) is 0 Å². The Morgan fingerprint density at radius 1 is 1.35 bits per heavy atom. The van der Waals surface area contributed by atoms with Gasteiger partial charge in [0, 0.05) is 25.0 Å². The number of nitrogens with zero attached hydrogens (tertiary/aromatic N) is 1. The number of hydrogen-bond acceptors (Lipinski definition) is 2. The van der Waals surface area contributed by atoms with E-state index in [9.17, 15) is 14.0 Å². The SMILES string of the molecule is Cc1cc(F)ccc1C(=O)Nc1cn(C)cc(Br)c1=O.